The van der Waals surface area contributed by atoms with Crippen LogP contribution in [0.5, 0.6) is 0 Å². The largest absolute Gasteiger partial charge is 0.513 e. The van der Waals surface area contributed by atoms with Crippen LogP contribution < -0.4 is 5.32 Å². The van der Waals surface area contributed by atoms with Gasteiger partial charge in [-0.2, -0.15) is 0 Å². The summed E-state index contributed by atoms with van der Waals surface area (Å²) in [6, 6.07) is 8.07. The van der Waals surface area contributed by atoms with Gasteiger partial charge in [0.2, 0.25) is 0 Å². The van der Waals surface area contributed by atoms with E-state index in [1.165, 1.54) is 7.11 Å². The highest BCUT2D eigenvalue weighted by Crippen LogP contribution is 2.34. The quantitative estimate of drug-likeness (QED) is 0.836. The molecule has 0 saturated heterocycles. The lowest BCUT2D eigenvalue weighted by Crippen LogP contribution is -2.23. The van der Waals surface area contributed by atoms with Gasteiger partial charge in [0.25, 0.3) is 0 Å². The SMILES string of the molecule is COC(=O)OC1=C(C)NC(C)=CC1c1ccccc1C. The van der Waals surface area contributed by atoms with Crippen molar-refractivity contribution in [1.29, 1.82) is 0 Å². The van der Waals surface area contributed by atoms with E-state index >= 15 is 0 Å². The molecule has 0 amide bonds. The molecule has 1 aromatic carbocycles. The number of allylic oxidation sites excluding steroid dienone is 3. The van der Waals surface area contributed by atoms with Gasteiger partial charge in [-0.15, -0.1) is 0 Å². The number of methoxy groups -OCH3 is 1. The number of nitrogens with one attached hydrogen (secondary N) is 1. The van der Waals surface area contributed by atoms with Gasteiger partial charge in [-0.1, -0.05) is 30.3 Å². The number of carbonyl (C=O) groups excluding carboxylic acids is 1. The topological polar surface area (TPSA) is 47.6 Å². The molecule has 0 saturated carbocycles. The van der Waals surface area contributed by atoms with E-state index in [-0.39, 0.29) is 5.92 Å². The summed E-state index contributed by atoms with van der Waals surface area (Å²) in [5.74, 6) is 0.494. The fraction of sp³-hybridized carbons (Fsp3) is 0.312. The number of aryl methyl sites for hydroxylation is 1. The van der Waals surface area contributed by atoms with Gasteiger partial charge >= 0.3 is 6.16 Å². The molecule has 1 aliphatic rings. The van der Waals surface area contributed by atoms with Crippen LogP contribution in [0.3, 0.4) is 0 Å². The van der Waals surface area contributed by atoms with Crippen molar-refractivity contribution >= 4 is 6.16 Å². The maximum Gasteiger partial charge on any atom is 0.513 e. The number of hydrogen-bond donors (Lipinski definition) is 1. The molecule has 0 radical (unpaired) electrons. The Labute approximate surface area is 119 Å². The maximum absolute atomic E-state index is 11.4. The monoisotopic (exact) mass is 273 g/mol. The minimum absolute atomic E-state index is 0.0865. The van der Waals surface area contributed by atoms with Crippen molar-refractivity contribution in [3.8, 4) is 0 Å². The van der Waals surface area contributed by atoms with E-state index in [0.717, 1.165) is 22.5 Å². The molecule has 1 atom stereocenters. The van der Waals surface area contributed by atoms with Crippen LogP contribution >= 0.6 is 0 Å². The first kappa shape index (κ1) is 14.2. The predicted octanol–water partition coefficient (Wildman–Crippen LogP) is 3.60. The second-order valence-electron chi connectivity index (χ2n) is 4.85. The third-order valence-electron chi connectivity index (χ3n) is 3.34. The molecule has 20 heavy (non-hydrogen) atoms. The Bertz CT molecular complexity index is 587. The molecule has 0 aromatic heterocycles. The zero-order chi connectivity index (χ0) is 14.7. The molecule has 0 spiro atoms. The molecule has 106 valence electrons. The van der Waals surface area contributed by atoms with Crippen molar-refractivity contribution in [3.05, 3.63) is 58.6 Å². The normalized spacial score (nSPS) is 18.2. The van der Waals surface area contributed by atoms with Gasteiger partial charge in [0.05, 0.1) is 18.7 Å². The third-order valence-corrected chi connectivity index (χ3v) is 3.34. The molecule has 4 nitrogen and oxygen atoms in total. The molecular weight excluding hydrogens is 254 g/mol. The Balaban J connectivity index is 2.43. The lowest BCUT2D eigenvalue weighted by Gasteiger charge is -2.26. The number of carbonyl (C=O) groups is 1. The molecular formula is C16H19NO3. The summed E-state index contributed by atoms with van der Waals surface area (Å²) in [7, 11) is 1.30. The summed E-state index contributed by atoms with van der Waals surface area (Å²) in [6.45, 7) is 5.93. The van der Waals surface area contributed by atoms with Gasteiger partial charge < -0.3 is 14.8 Å². The molecule has 0 aliphatic carbocycles. The van der Waals surface area contributed by atoms with E-state index in [4.69, 9.17) is 4.74 Å². The number of benzene rings is 1. The van der Waals surface area contributed by atoms with Crippen molar-refractivity contribution in [3.63, 3.8) is 0 Å². The van der Waals surface area contributed by atoms with Crippen LogP contribution in [-0.4, -0.2) is 13.3 Å². The van der Waals surface area contributed by atoms with Gasteiger partial charge in [0, 0.05) is 5.70 Å². The molecule has 1 aliphatic heterocycles. The smallest absolute Gasteiger partial charge is 0.437 e. The fourth-order valence-electron chi connectivity index (χ4n) is 2.40. The molecule has 1 aromatic rings. The van der Waals surface area contributed by atoms with E-state index in [2.05, 4.69) is 10.1 Å². The summed E-state index contributed by atoms with van der Waals surface area (Å²) in [5, 5.41) is 3.19. The Morgan fingerprint density at radius 2 is 1.90 bits per heavy atom. The van der Waals surface area contributed by atoms with Gasteiger partial charge in [0.1, 0.15) is 5.76 Å². The Morgan fingerprint density at radius 1 is 1.20 bits per heavy atom. The fourth-order valence-corrected chi connectivity index (χ4v) is 2.40. The zero-order valence-electron chi connectivity index (χ0n) is 12.2. The Kier molecular flexibility index (Phi) is 4.13. The van der Waals surface area contributed by atoms with Gasteiger partial charge in [-0.25, -0.2) is 4.79 Å². The first-order chi connectivity index (χ1) is 9.52. The van der Waals surface area contributed by atoms with Crippen molar-refractivity contribution in [2.45, 2.75) is 26.7 Å². The standard InChI is InChI=1S/C16H19NO3/c1-10-7-5-6-8-13(10)14-9-11(2)17-12(3)15(14)20-16(18)19-4/h5-9,14,17H,1-4H3. The molecule has 0 bridgehead atoms. The van der Waals surface area contributed by atoms with Gasteiger partial charge in [-0.05, 0) is 31.9 Å². The molecule has 4 heteroatoms. The van der Waals surface area contributed by atoms with Gasteiger partial charge in [0.15, 0.2) is 0 Å². The third kappa shape index (κ3) is 2.85. The number of rotatable bonds is 2. The Hall–Kier alpha value is -2.23. The highest BCUT2D eigenvalue weighted by atomic mass is 16.7. The molecule has 2 rings (SSSR count). The van der Waals surface area contributed by atoms with Crippen LogP contribution in [0, 0.1) is 6.92 Å². The van der Waals surface area contributed by atoms with Crippen LogP contribution in [0.15, 0.2) is 47.5 Å². The minimum Gasteiger partial charge on any atom is -0.437 e. The average molecular weight is 273 g/mol. The van der Waals surface area contributed by atoms with E-state index in [1.54, 1.807) is 0 Å². The number of ether oxygens (including phenoxy) is 2. The van der Waals surface area contributed by atoms with E-state index in [9.17, 15) is 4.79 Å². The maximum atomic E-state index is 11.4. The highest BCUT2D eigenvalue weighted by molar-refractivity contribution is 5.62. The predicted molar refractivity (Wildman–Crippen MR) is 77.0 cm³/mol. The van der Waals surface area contributed by atoms with Crippen LogP contribution in [0.2, 0.25) is 0 Å². The van der Waals surface area contributed by atoms with Crippen molar-refractivity contribution in [2.75, 3.05) is 7.11 Å². The minimum atomic E-state index is -0.701. The lowest BCUT2D eigenvalue weighted by atomic mass is 9.90. The van der Waals surface area contributed by atoms with Crippen molar-refractivity contribution in [1.82, 2.24) is 5.32 Å². The van der Waals surface area contributed by atoms with Crippen LogP contribution in [0.25, 0.3) is 0 Å². The zero-order valence-corrected chi connectivity index (χ0v) is 12.2. The second-order valence-corrected chi connectivity index (χ2v) is 4.85. The Morgan fingerprint density at radius 3 is 2.55 bits per heavy atom. The average Bonchev–Trinajstić information content (AvgIpc) is 2.42. The molecule has 1 N–H and O–H groups in total. The number of hydrogen-bond acceptors (Lipinski definition) is 4. The summed E-state index contributed by atoms with van der Waals surface area (Å²) in [6.07, 6.45) is 1.35. The summed E-state index contributed by atoms with van der Waals surface area (Å²) >= 11 is 0. The van der Waals surface area contributed by atoms with Crippen molar-refractivity contribution in [2.24, 2.45) is 0 Å². The first-order valence-corrected chi connectivity index (χ1v) is 6.50. The van der Waals surface area contributed by atoms with E-state index in [0.29, 0.717) is 5.76 Å². The lowest BCUT2D eigenvalue weighted by molar-refractivity contribution is 0.0925. The van der Waals surface area contributed by atoms with Crippen LogP contribution in [0.4, 0.5) is 4.79 Å². The highest BCUT2D eigenvalue weighted by Gasteiger charge is 2.26. The molecule has 1 heterocycles. The van der Waals surface area contributed by atoms with Crippen LogP contribution in [-0.2, 0) is 9.47 Å². The number of dihydropyridines is 1. The summed E-state index contributed by atoms with van der Waals surface area (Å²) < 4.78 is 9.93. The summed E-state index contributed by atoms with van der Waals surface area (Å²) in [5.41, 5.74) is 4.13. The van der Waals surface area contributed by atoms with E-state index in [1.807, 2.05) is 51.1 Å². The van der Waals surface area contributed by atoms with Crippen molar-refractivity contribution < 1.29 is 14.3 Å². The van der Waals surface area contributed by atoms with E-state index < -0.39 is 6.16 Å². The first-order valence-electron chi connectivity index (χ1n) is 6.50. The van der Waals surface area contributed by atoms with Gasteiger partial charge in [-0.3, -0.25) is 0 Å². The molecule has 0 fully saturated rings. The summed E-state index contributed by atoms with van der Waals surface area (Å²) in [4.78, 5) is 11.4. The molecule has 1 unspecified atom stereocenters. The van der Waals surface area contributed by atoms with Crippen LogP contribution in [0.1, 0.15) is 30.9 Å². The second kappa shape index (κ2) is 5.82.